The zero-order valence-electron chi connectivity index (χ0n) is 9.46. The molecule has 0 saturated heterocycles. The van der Waals surface area contributed by atoms with Gasteiger partial charge in [-0.25, -0.2) is 0 Å². The topological polar surface area (TPSA) is 68.3 Å². The van der Waals surface area contributed by atoms with Gasteiger partial charge in [0.2, 0.25) is 0 Å². The average molecular weight is 285 g/mol. The SMILES string of the molecule is Cc1ccoc1C(=O)Nc1cc(Cl)c(N)c(Cl)c1. The number of nitrogens with two attached hydrogens (primary N) is 1. The molecular weight excluding hydrogens is 275 g/mol. The number of hydrogen-bond donors (Lipinski definition) is 2. The Morgan fingerprint density at radius 3 is 2.44 bits per heavy atom. The zero-order chi connectivity index (χ0) is 13.3. The van der Waals surface area contributed by atoms with Crippen LogP contribution in [0.2, 0.25) is 10.0 Å². The number of hydrogen-bond acceptors (Lipinski definition) is 3. The summed E-state index contributed by atoms with van der Waals surface area (Å²) in [6.45, 7) is 1.78. The first-order valence-corrected chi connectivity index (χ1v) is 5.84. The predicted octanol–water partition coefficient (Wildman–Crippen LogP) is 3.73. The fourth-order valence-corrected chi connectivity index (χ4v) is 1.94. The fourth-order valence-electron chi connectivity index (χ4n) is 1.45. The second kappa shape index (κ2) is 4.92. The molecule has 0 aliphatic heterocycles. The molecule has 0 aliphatic rings. The van der Waals surface area contributed by atoms with Gasteiger partial charge in [0.05, 0.1) is 22.0 Å². The third-order valence-electron chi connectivity index (χ3n) is 2.41. The summed E-state index contributed by atoms with van der Waals surface area (Å²) in [7, 11) is 0. The molecule has 3 N–H and O–H groups in total. The first-order chi connectivity index (χ1) is 8.49. The van der Waals surface area contributed by atoms with Gasteiger partial charge in [0, 0.05) is 11.3 Å². The second-order valence-electron chi connectivity index (χ2n) is 3.74. The normalized spacial score (nSPS) is 10.4. The molecule has 94 valence electrons. The lowest BCUT2D eigenvalue weighted by molar-refractivity contribution is 0.0996. The Labute approximate surface area is 114 Å². The van der Waals surface area contributed by atoms with E-state index in [0.29, 0.717) is 5.69 Å². The Morgan fingerprint density at radius 1 is 1.33 bits per heavy atom. The van der Waals surface area contributed by atoms with Crippen molar-refractivity contribution in [3.63, 3.8) is 0 Å². The molecule has 0 fully saturated rings. The number of halogens is 2. The van der Waals surface area contributed by atoms with E-state index >= 15 is 0 Å². The molecule has 2 aromatic rings. The Kier molecular flexibility index (Phi) is 3.50. The van der Waals surface area contributed by atoms with Gasteiger partial charge >= 0.3 is 0 Å². The number of rotatable bonds is 2. The summed E-state index contributed by atoms with van der Waals surface area (Å²) in [5, 5.41) is 3.21. The predicted molar refractivity (Wildman–Crippen MR) is 72.3 cm³/mol. The average Bonchev–Trinajstić information content (AvgIpc) is 2.72. The van der Waals surface area contributed by atoms with E-state index in [1.54, 1.807) is 13.0 Å². The quantitative estimate of drug-likeness (QED) is 0.826. The van der Waals surface area contributed by atoms with E-state index in [-0.39, 0.29) is 27.4 Å². The standard InChI is InChI=1S/C12H10Cl2N2O2/c1-6-2-3-18-11(6)12(17)16-7-4-8(13)10(15)9(14)5-7/h2-5H,15H2,1H3,(H,16,17). The molecular formula is C12H10Cl2N2O2. The minimum absolute atomic E-state index is 0.249. The lowest BCUT2D eigenvalue weighted by atomic mass is 10.2. The van der Waals surface area contributed by atoms with Crippen LogP contribution in [0.4, 0.5) is 11.4 Å². The van der Waals surface area contributed by atoms with Gasteiger partial charge in [0.25, 0.3) is 5.91 Å². The number of aryl methyl sites for hydroxylation is 1. The van der Waals surface area contributed by atoms with Gasteiger partial charge in [-0.1, -0.05) is 23.2 Å². The number of anilines is 2. The van der Waals surface area contributed by atoms with Crippen LogP contribution in [0.1, 0.15) is 16.1 Å². The number of carbonyl (C=O) groups excluding carboxylic acids is 1. The molecule has 2 rings (SSSR count). The van der Waals surface area contributed by atoms with Crippen molar-refractivity contribution < 1.29 is 9.21 Å². The first kappa shape index (κ1) is 12.8. The Hall–Kier alpha value is -1.65. The summed E-state index contributed by atoms with van der Waals surface area (Å²) in [6, 6.07) is 4.76. The van der Waals surface area contributed by atoms with Crippen molar-refractivity contribution in [2.75, 3.05) is 11.1 Å². The van der Waals surface area contributed by atoms with Gasteiger partial charge < -0.3 is 15.5 Å². The van der Waals surface area contributed by atoms with E-state index in [4.69, 9.17) is 33.4 Å². The van der Waals surface area contributed by atoms with Crippen LogP contribution >= 0.6 is 23.2 Å². The number of nitrogens with one attached hydrogen (secondary N) is 1. The van der Waals surface area contributed by atoms with Crippen LogP contribution < -0.4 is 11.1 Å². The molecule has 18 heavy (non-hydrogen) atoms. The monoisotopic (exact) mass is 284 g/mol. The zero-order valence-corrected chi connectivity index (χ0v) is 11.0. The van der Waals surface area contributed by atoms with Crippen molar-refractivity contribution >= 4 is 40.5 Å². The summed E-state index contributed by atoms with van der Waals surface area (Å²) in [4.78, 5) is 11.9. The summed E-state index contributed by atoms with van der Waals surface area (Å²) < 4.78 is 5.08. The summed E-state index contributed by atoms with van der Waals surface area (Å²) in [5.41, 5.74) is 7.10. The number of carbonyl (C=O) groups is 1. The lowest BCUT2D eigenvalue weighted by Crippen LogP contribution is -2.12. The van der Waals surface area contributed by atoms with Crippen LogP contribution in [0.3, 0.4) is 0 Å². The Balaban J connectivity index is 2.25. The van der Waals surface area contributed by atoms with Crippen LogP contribution in [0.5, 0.6) is 0 Å². The van der Waals surface area contributed by atoms with Gasteiger partial charge in [-0.05, 0) is 25.1 Å². The molecule has 1 heterocycles. The molecule has 0 spiro atoms. The molecule has 1 aromatic carbocycles. The van der Waals surface area contributed by atoms with Crippen LogP contribution in [-0.4, -0.2) is 5.91 Å². The van der Waals surface area contributed by atoms with Crippen LogP contribution in [0.25, 0.3) is 0 Å². The van der Waals surface area contributed by atoms with E-state index in [9.17, 15) is 4.79 Å². The van der Waals surface area contributed by atoms with Crippen LogP contribution in [-0.2, 0) is 0 Å². The summed E-state index contributed by atoms with van der Waals surface area (Å²) >= 11 is 11.7. The van der Waals surface area contributed by atoms with Gasteiger partial charge in [-0.15, -0.1) is 0 Å². The molecule has 0 aliphatic carbocycles. The third kappa shape index (κ3) is 2.44. The molecule has 0 atom stereocenters. The number of amides is 1. The van der Waals surface area contributed by atoms with Crippen LogP contribution in [0.15, 0.2) is 28.9 Å². The van der Waals surface area contributed by atoms with Gasteiger partial charge in [-0.3, -0.25) is 4.79 Å². The largest absolute Gasteiger partial charge is 0.459 e. The molecule has 0 unspecified atom stereocenters. The summed E-state index contributed by atoms with van der Waals surface area (Å²) in [5.74, 6) is -0.117. The number of nitrogen functional groups attached to an aromatic ring is 1. The van der Waals surface area contributed by atoms with E-state index < -0.39 is 0 Å². The van der Waals surface area contributed by atoms with Crippen molar-refractivity contribution in [2.45, 2.75) is 6.92 Å². The highest BCUT2D eigenvalue weighted by atomic mass is 35.5. The molecule has 1 amide bonds. The highest BCUT2D eigenvalue weighted by Crippen LogP contribution is 2.31. The van der Waals surface area contributed by atoms with E-state index in [1.165, 1.54) is 18.4 Å². The fraction of sp³-hybridized carbons (Fsp3) is 0.0833. The number of furan rings is 1. The molecule has 6 heteroatoms. The molecule has 0 bridgehead atoms. The smallest absolute Gasteiger partial charge is 0.291 e. The maximum absolute atomic E-state index is 11.9. The van der Waals surface area contributed by atoms with Gasteiger partial charge in [-0.2, -0.15) is 0 Å². The maximum atomic E-state index is 11.9. The first-order valence-electron chi connectivity index (χ1n) is 5.09. The van der Waals surface area contributed by atoms with E-state index in [2.05, 4.69) is 5.32 Å². The van der Waals surface area contributed by atoms with Crippen LogP contribution in [0, 0.1) is 6.92 Å². The number of benzene rings is 1. The van der Waals surface area contributed by atoms with Crippen molar-refractivity contribution in [1.29, 1.82) is 0 Å². The third-order valence-corrected chi connectivity index (χ3v) is 3.03. The maximum Gasteiger partial charge on any atom is 0.291 e. The molecule has 4 nitrogen and oxygen atoms in total. The Morgan fingerprint density at radius 2 is 1.94 bits per heavy atom. The summed E-state index contributed by atoms with van der Waals surface area (Å²) in [6.07, 6.45) is 1.45. The minimum Gasteiger partial charge on any atom is -0.459 e. The molecule has 0 radical (unpaired) electrons. The highest BCUT2D eigenvalue weighted by Gasteiger charge is 2.14. The second-order valence-corrected chi connectivity index (χ2v) is 4.55. The van der Waals surface area contributed by atoms with Gasteiger partial charge in [0.1, 0.15) is 0 Å². The van der Waals surface area contributed by atoms with Gasteiger partial charge in [0.15, 0.2) is 5.76 Å². The highest BCUT2D eigenvalue weighted by molar-refractivity contribution is 6.39. The minimum atomic E-state index is -0.366. The molecule has 0 saturated carbocycles. The molecule has 1 aromatic heterocycles. The van der Waals surface area contributed by atoms with E-state index in [0.717, 1.165) is 5.56 Å². The van der Waals surface area contributed by atoms with Crippen molar-refractivity contribution in [3.8, 4) is 0 Å². The Bertz CT molecular complexity index is 585. The van der Waals surface area contributed by atoms with Crippen molar-refractivity contribution in [3.05, 3.63) is 45.8 Å². The van der Waals surface area contributed by atoms with E-state index in [1.807, 2.05) is 0 Å². The van der Waals surface area contributed by atoms with Crippen molar-refractivity contribution in [1.82, 2.24) is 0 Å². The lowest BCUT2D eigenvalue weighted by Gasteiger charge is -2.07. The van der Waals surface area contributed by atoms with Crippen molar-refractivity contribution in [2.24, 2.45) is 0 Å².